The van der Waals surface area contributed by atoms with Crippen LogP contribution in [0, 0.1) is 0 Å². The number of nitrogens with zero attached hydrogens (tertiary/aromatic N) is 2. The Balaban J connectivity index is 1.51. The Morgan fingerprint density at radius 2 is 1.77 bits per heavy atom. The molecular formula is C20H15F2N3O6. The number of carbonyl (C=O) groups is 3. The number of hydrogen-bond acceptors (Lipinski definition) is 7. The summed E-state index contributed by atoms with van der Waals surface area (Å²) < 4.78 is 34.2. The van der Waals surface area contributed by atoms with Gasteiger partial charge in [-0.05, 0) is 36.4 Å². The number of benzene rings is 2. The van der Waals surface area contributed by atoms with Crippen LogP contribution in [-0.4, -0.2) is 40.6 Å². The van der Waals surface area contributed by atoms with Crippen molar-refractivity contribution in [1.29, 1.82) is 0 Å². The number of esters is 1. The monoisotopic (exact) mass is 431 g/mol. The maximum Gasteiger partial charge on any atom is 0.387 e. The molecule has 2 amide bonds. The average Bonchev–Trinajstić information content (AvgIpc) is 2.74. The minimum atomic E-state index is -3.00. The molecule has 0 spiro atoms. The van der Waals surface area contributed by atoms with E-state index in [0.29, 0.717) is 10.9 Å². The van der Waals surface area contributed by atoms with Gasteiger partial charge in [-0.15, -0.1) is 0 Å². The van der Waals surface area contributed by atoms with Gasteiger partial charge in [0.1, 0.15) is 12.3 Å². The highest BCUT2D eigenvalue weighted by molar-refractivity contribution is 6.05. The number of hydrogen-bond donors (Lipinski definition) is 1. The molecule has 0 saturated carbocycles. The second kappa shape index (κ2) is 9.57. The Hall–Kier alpha value is -4.15. The number of ether oxygens (including phenoxy) is 2. The first kappa shape index (κ1) is 21.6. The molecular weight excluding hydrogens is 416 g/mol. The minimum Gasteiger partial charge on any atom is -0.454 e. The molecule has 1 N–H and O–H groups in total. The van der Waals surface area contributed by atoms with Crippen molar-refractivity contribution in [3.63, 3.8) is 0 Å². The zero-order valence-corrected chi connectivity index (χ0v) is 15.8. The number of imide groups is 1. The van der Waals surface area contributed by atoms with Crippen molar-refractivity contribution in [3.8, 4) is 5.75 Å². The normalized spacial score (nSPS) is 10.7. The highest BCUT2D eigenvalue weighted by Gasteiger charge is 2.14. The Bertz CT molecular complexity index is 1180. The zero-order valence-electron chi connectivity index (χ0n) is 15.8. The molecule has 0 aliphatic heterocycles. The van der Waals surface area contributed by atoms with Gasteiger partial charge in [-0.25, -0.2) is 4.98 Å². The zero-order chi connectivity index (χ0) is 22.4. The molecule has 0 fully saturated rings. The molecule has 3 aromatic rings. The second-order valence-corrected chi connectivity index (χ2v) is 6.14. The van der Waals surface area contributed by atoms with Gasteiger partial charge in [-0.1, -0.05) is 12.1 Å². The number of halogens is 2. The third kappa shape index (κ3) is 5.69. The SMILES string of the molecule is O=C(COC(=O)Cn1cnc2ccccc2c1=O)NC(=O)c1ccc(OC(F)F)cc1. The first-order chi connectivity index (χ1) is 14.8. The Morgan fingerprint density at radius 1 is 1.06 bits per heavy atom. The van der Waals surface area contributed by atoms with Crippen molar-refractivity contribution in [2.45, 2.75) is 13.2 Å². The summed E-state index contributed by atoms with van der Waals surface area (Å²) in [5, 5.41) is 2.31. The van der Waals surface area contributed by atoms with Gasteiger partial charge in [0.05, 0.1) is 17.2 Å². The Morgan fingerprint density at radius 3 is 2.48 bits per heavy atom. The van der Waals surface area contributed by atoms with Crippen LogP contribution >= 0.6 is 0 Å². The number of aromatic nitrogens is 2. The molecule has 31 heavy (non-hydrogen) atoms. The molecule has 3 rings (SSSR count). The van der Waals surface area contributed by atoms with Crippen LogP contribution < -0.4 is 15.6 Å². The smallest absolute Gasteiger partial charge is 0.387 e. The van der Waals surface area contributed by atoms with Crippen LogP contribution in [0.2, 0.25) is 0 Å². The van der Waals surface area contributed by atoms with E-state index in [2.05, 4.69) is 9.72 Å². The van der Waals surface area contributed by atoms with Crippen LogP contribution in [0.4, 0.5) is 8.78 Å². The molecule has 0 aliphatic carbocycles. The summed E-state index contributed by atoms with van der Waals surface area (Å²) in [6.07, 6.45) is 1.19. The Kier molecular flexibility index (Phi) is 6.65. The predicted octanol–water partition coefficient (Wildman–Crippen LogP) is 1.50. The molecule has 0 aliphatic rings. The first-order valence-corrected chi connectivity index (χ1v) is 8.82. The van der Waals surface area contributed by atoms with E-state index in [1.54, 1.807) is 24.3 Å². The van der Waals surface area contributed by atoms with Crippen LogP contribution in [0.3, 0.4) is 0 Å². The van der Waals surface area contributed by atoms with Crippen molar-refractivity contribution in [2.24, 2.45) is 0 Å². The average molecular weight is 431 g/mol. The maximum atomic E-state index is 12.3. The highest BCUT2D eigenvalue weighted by atomic mass is 19.3. The third-order valence-electron chi connectivity index (χ3n) is 3.99. The van der Waals surface area contributed by atoms with Gasteiger partial charge >= 0.3 is 12.6 Å². The number of amides is 2. The fourth-order valence-corrected chi connectivity index (χ4v) is 2.57. The summed E-state index contributed by atoms with van der Waals surface area (Å²) in [5.74, 6) is -2.75. The van der Waals surface area contributed by atoms with Gasteiger partial charge in [-0.2, -0.15) is 8.78 Å². The van der Waals surface area contributed by atoms with Gasteiger partial charge < -0.3 is 9.47 Å². The van der Waals surface area contributed by atoms with E-state index in [1.165, 1.54) is 18.5 Å². The predicted molar refractivity (Wildman–Crippen MR) is 103 cm³/mol. The maximum absolute atomic E-state index is 12.3. The van der Waals surface area contributed by atoms with Crippen LogP contribution in [0.1, 0.15) is 10.4 Å². The molecule has 1 heterocycles. The number of carbonyl (C=O) groups excluding carboxylic acids is 3. The molecule has 0 bridgehead atoms. The minimum absolute atomic E-state index is 0.00934. The second-order valence-electron chi connectivity index (χ2n) is 6.14. The third-order valence-corrected chi connectivity index (χ3v) is 3.99. The largest absolute Gasteiger partial charge is 0.454 e. The van der Waals surface area contributed by atoms with Gasteiger partial charge in [0.15, 0.2) is 6.61 Å². The quantitative estimate of drug-likeness (QED) is 0.564. The molecule has 2 aromatic carbocycles. The molecule has 9 nitrogen and oxygen atoms in total. The van der Waals surface area contributed by atoms with Gasteiger partial charge in [0.25, 0.3) is 17.4 Å². The van der Waals surface area contributed by atoms with E-state index >= 15 is 0 Å². The number of nitrogens with one attached hydrogen (secondary N) is 1. The number of para-hydroxylation sites is 1. The van der Waals surface area contributed by atoms with Gasteiger partial charge in [0, 0.05) is 5.56 Å². The fraction of sp³-hybridized carbons (Fsp3) is 0.150. The van der Waals surface area contributed by atoms with Crippen molar-refractivity contribution < 1.29 is 32.6 Å². The standard InChI is InChI=1S/C20H15F2N3O6/c21-20(22)31-13-7-5-12(6-8-13)18(28)24-16(26)10-30-17(27)9-25-11-23-15-4-2-1-3-14(15)19(25)29/h1-8,11,20H,9-10H2,(H,24,26,28). The number of fused-ring (bicyclic) bond motifs is 1. The van der Waals surface area contributed by atoms with Crippen molar-refractivity contribution in [1.82, 2.24) is 14.9 Å². The molecule has 1 aromatic heterocycles. The molecule has 160 valence electrons. The summed E-state index contributed by atoms with van der Waals surface area (Å²) in [7, 11) is 0. The lowest BCUT2D eigenvalue weighted by Gasteiger charge is -2.08. The van der Waals surface area contributed by atoms with Crippen molar-refractivity contribution in [2.75, 3.05) is 6.61 Å². The summed E-state index contributed by atoms with van der Waals surface area (Å²) in [4.78, 5) is 52.1. The number of alkyl halides is 2. The molecule has 0 radical (unpaired) electrons. The summed E-state index contributed by atoms with van der Waals surface area (Å²) in [5.41, 5.74) is 0.0420. The molecule has 0 saturated heterocycles. The van der Waals surface area contributed by atoms with E-state index in [-0.39, 0.29) is 11.3 Å². The van der Waals surface area contributed by atoms with Gasteiger partial charge in [0.2, 0.25) is 0 Å². The lowest BCUT2D eigenvalue weighted by molar-refractivity contribution is -0.148. The van der Waals surface area contributed by atoms with Crippen LogP contribution in [0.5, 0.6) is 5.75 Å². The van der Waals surface area contributed by atoms with E-state index in [4.69, 9.17) is 4.74 Å². The van der Waals surface area contributed by atoms with Crippen LogP contribution in [0.25, 0.3) is 10.9 Å². The van der Waals surface area contributed by atoms with Gasteiger partial charge in [-0.3, -0.25) is 29.1 Å². The highest BCUT2D eigenvalue weighted by Crippen LogP contribution is 2.14. The van der Waals surface area contributed by atoms with E-state index < -0.39 is 43.1 Å². The molecule has 0 unspecified atom stereocenters. The Labute approximate surface area is 173 Å². The topological polar surface area (TPSA) is 117 Å². The van der Waals surface area contributed by atoms with Crippen molar-refractivity contribution >= 4 is 28.7 Å². The van der Waals surface area contributed by atoms with E-state index in [9.17, 15) is 28.0 Å². The lowest BCUT2D eigenvalue weighted by Crippen LogP contribution is -2.35. The molecule has 0 atom stereocenters. The summed E-state index contributed by atoms with van der Waals surface area (Å²) >= 11 is 0. The first-order valence-electron chi connectivity index (χ1n) is 8.82. The van der Waals surface area contributed by atoms with Crippen LogP contribution in [0.15, 0.2) is 59.7 Å². The summed E-state index contributed by atoms with van der Waals surface area (Å²) in [6.45, 7) is -4.23. The summed E-state index contributed by atoms with van der Waals surface area (Å²) in [6, 6.07) is 11.3. The van der Waals surface area contributed by atoms with E-state index in [0.717, 1.165) is 16.7 Å². The molecule has 11 heteroatoms. The van der Waals surface area contributed by atoms with Crippen LogP contribution in [-0.2, 0) is 20.9 Å². The van der Waals surface area contributed by atoms with Crippen molar-refractivity contribution in [3.05, 3.63) is 70.8 Å². The number of rotatable bonds is 7. The lowest BCUT2D eigenvalue weighted by atomic mass is 10.2. The van der Waals surface area contributed by atoms with E-state index in [1.807, 2.05) is 5.32 Å². The fourth-order valence-electron chi connectivity index (χ4n) is 2.57.